The molecule has 1 aliphatic rings. The van der Waals surface area contributed by atoms with Crippen molar-refractivity contribution in [1.82, 2.24) is 5.16 Å². The Labute approximate surface area is 153 Å². The molecule has 0 saturated carbocycles. The minimum atomic E-state index is -0.0939. The minimum absolute atomic E-state index is 0.0939. The molecule has 2 aromatic carbocycles. The fraction of sp³-hybridized carbons (Fsp3) is 0.333. The van der Waals surface area contributed by atoms with Gasteiger partial charge in [-0.25, -0.2) is 0 Å². The number of nitrogens with zero attached hydrogens (tertiary/aromatic N) is 2. The number of para-hydroxylation sites is 1. The molecular weight excluding hydrogens is 326 g/mol. The number of amides is 1. The Balaban J connectivity index is 1.38. The van der Waals surface area contributed by atoms with Crippen molar-refractivity contribution in [3.8, 4) is 0 Å². The van der Waals surface area contributed by atoms with E-state index in [1.54, 1.807) is 0 Å². The Bertz CT molecular complexity index is 893. The van der Waals surface area contributed by atoms with E-state index in [1.807, 2.05) is 36.4 Å². The van der Waals surface area contributed by atoms with Crippen LogP contribution < -0.4 is 10.2 Å². The van der Waals surface area contributed by atoms with Gasteiger partial charge in [-0.2, -0.15) is 0 Å². The Kier molecular flexibility index (Phi) is 4.61. The second kappa shape index (κ2) is 7.20. The van der Waals surface area contributed by atoms with Crippen molar-refractivity contribution in [2.45, 2.75) is 26.2 Å². The average molecular weight is 349 g/mol. The molecule has 0 bridgehead atoms. The lowest BCUT2D eigenvalue weighted by Gasteiger charge is -2.32. The van der Waals surface area contributed by atoms with E-state index in [2.05, 4.69) is 34.4 Å². The summed E-state index contributed by atoms with van der Waals surface area (Å²) < 4.78 is 5.26. The molecule has 1 aromatic heterocycles. The number of benzene rings is 2. The number of nitrogens with one attached hydrogen (secondary N) is 1. The van der Waals surface area contributed by atoms with Crippen LogP contribution in [0.25, 0.3) is 11.0 Å². The van der Waals surface area contributed by atoms with E-state index in [1.165, 1.54) is 18.5 Å². The summed E-state index contributed by atoms with van der Waals surface area (Å²) in [6.07, 6.45) is 2.68. The molecule has 0 spiro atoms. The fourth-order valence-corrected chi connectivity index (χ4v) is 3.45. The summed E-state index contributed by atoms with van der Waals surface area (Å²) in [4.78, 5) is 14.8. The van der Waals surface area contributed by atoms with Gasteiger partial charge in [-0.1, -0.05) is 24.2 Å². The smallest absolute Gasteiger partial charge is 0.230 e. The van der Waals surface area contributed by atoms with Crippen molar-refractivity contribution >= 4 is 28.3 Å². The number of piperidine rings is 1. The van der Waals surface area contributed by atoms with E-state index in [0.29, 0.717) is 11.3 Å². The van der Waals surface area contributed by atoms with Crippen LogP contribution in [0.15, 0.2) is 53.1 Å². The van der Waals surface area contributed by atoms with Gasteiger partial charge in [-0.3, -0.25) is 4.79 Å². The first-order valence-corrected chi connectivity index (χ1v) is 9.17. The van der Waals surface area contributed by atoms with Gasteiger partial charge in [0.25, 0.3) is 0 Å². The molecule has 0 radical (unpaired) electrons. The van der Waals surface area contributed by atoms with Crippen molar-refractivity contribution < 1.29 is 9.32 Å². The summed E-state index contributed by atoms with van der Waals surface area (Å²) in [5, 5.41) is 7.85. The zero-order chi connectivity index (χ0) is 17.9. The number of carbonyl (C=O) groups is 1. The highest BCUT2D eigenvalue weighted by atomic mass is 16.5. The molecule has 2 heterocycles. The SMILES string of the molecule is CC1CCN(c2ccc(NC(=O)Cc3noc4ccccc34)cc2)CC1. The van der Waals surface area contributed by atoms with E-state index < -0.39 is 0 Å². The molecule has 134 valence electrons. The van der Waals surface area contributed by atoms with Crippen molar-refractivity contribution in [1.29, 1.82) is 0 Å². The molecule has 1 N–H and O–H groups in total. The number of anilines is 2. The lowest BCUT2D eigenvalue weighted by molar-refractivity contribution is -0.115. The van der Waals surface area contributed by atoms with Gasteiger partial charge in [0, 0.05) is 29.9 Å². The second-order valence-corrected chi connectivity index (χ2v) is 7.07. The van der Waals surface area contributed by atoms with Crippen LogP contribution in [0.5, 0.6) is 0 Å². The summed E-state index contributed by atoms with van der Waals surface area (Å²) >= 11 is 0. The quantitative estimate of drug-likeness (QED) is 0.765. The predicted molar refractivity (Wildman–Crippen MR) is 103 cm³/mol. The first-order chi connectivity index (χ1) is 12.7. The maximum atomic E-state index is 12.3. The third-order valence-corrected chi connectivity index (χ3v) is 5.08. The number of hydrogen-bond acceptors (Lipinski definition) is 4. The highest BCUT2D eigenvalue weighted by Crippen LogP contribution is 2.24. The number of carbonyl (C=O) groups excluding carboxylic acids is 1. The van der Waals surface area contributed by atoms with E-state index in [0.717, 1.165) is 30.1 Å². The summed E-state index contributed by atoms with van der Waals surface area (Å²) in [5.41, 5.74) is 3.39. The molecular formula is C21H23N3O2. The highest BCUT2D eigenvalue weighted by molar-refractivity contribution is 5.94. The van der Waals surface area contributed by atoms with Gasteiger partial charge in [0.2, 0.25) is 5.91 Å². The number of aromatic nitrogens is 1. The van der Waals surface area contributed by atoms with Crippen molar-refractivity contribution in [3.63, 3.8) is 0 Å². The zero-order valence-corrected chi connectivity index (χ0v) is 14.9. The molecule has 1 aliphatic heterocycles. The van der Waals surface area contributed by atoms with Gasteiger partial charge < -0.3 is 14.7 Å². The van der Waals surface area contributed by atoms with E-state index in [-0.39, 0.29) is 12.3 Å². The third-order valence-electron chi connectivity index (χ3n) is 5.08. The normalized spacial score (nSPS) is 15.3. The summed E-state index contributed by atoms with van der Waals surface area (Å²) in [7, 11) is 0. The van der Waals surface area contributed by atoms with Crippen molar-refractivity contribution in [2.24, 2.45) is 5.92 Å². The molecule has 1 amide bonds. The monoisotopic (exact) mass is 349 g/mol. The van der Waals surface area contributed by atoms with Gasteiger partial charge >= 0.3 is 0 Å². The summed E-state index contributed by atoms with van der Waals surface area (Å²) in [6, 6.07) is 15.7. The van der Waals surface area contributed by atoms with Gasteiger partial charge in [0.15, 0.2) is 5.58 Å². The fourth-order valence-electron chi connectivity index (χ4n) is 3.45. The molecule has 4 rings (SSSR count). The van der Waals surface area contributed by atoms with Crippen LogP contribution in [0, 0.1) is 5.92 Å². The Morgan fingerprint density at radius 3 is 2.65 bits per heavy atom. The molecule has 0 atom stereocenters. The molecule has 1 saturated heterocycles. The van der Waals surface area contributed by atoms with Crippen molar-refractivity contribution in [3.05, 3.63) is 54.2 Å². The molecule has 1 fully saturated rings. The van der Waals surface area contributed by atoms with Crippen LogP contribution >= 0.6 is 0 Å². The Morgan fingerprint density at radius 1 is 1.15 bits per heavy atom. The highest BCUT2D eigenvalue weighted by Gasteiger charge is 2.16. The van der Waals surface area contributed by atoms with Crippen LogP contribution in [0.2, 0.25) is 0 Å². The third kappa shape index (κ3) is 3.57. The summed E-state index contributed by atoms with van der Waals surface area (Å²) in [5.74, 6) is 0.723. The molecule has 26 heavy (non-hydrogen) atoms. The number of hydrogen-bond donors (Lipinski definition) is 1. The molecule has 0 aliphatic carbocycles. The molecule has 5 nitrogen and oxygen atoms in total. The second-order valence-electron chi connectivity index (χ2n) is 7.07. The first kappa shape index (κ1) is 16.6. The Morgan fingerprint density at radius 2 is 1.88 bits per heavy atom. The zero-order valence-electron chi connectivity index (χ0n) is 14.9. The topological polar surface area (TPSA) is 58.4 Å². The van der Waals surface area contributed by atoms with Crippen LogP contribution in [-0.4, -0.2) is 24.2 Å². The molecule has 5 heteroatoms. The van der Waals surface area contributed by atoms with Crippen LogP contribution in [0.1, 0.15) is 25.5 Å². The maximum absolute atomic E-state index is 12.3. The van der Waals surface area contributed by atoms with Gasteiger partial charge in [-0.15, -0.1) is 0 Å². The maximum Gasteiger partial charge on any atom is 0.230 e. The van der Waals surface area contributed by atoms with E-state index in [9.17, 15) is 4.79 Å². The van der Waals surface area contributed by atoms with Gasteiger partial charge in [0.1, 0.15) is 5.69 Å². The van der Waals surface area contributed by atoms with E-state index >= 15 is 0 Å². The summed E-state index contributed by atoms with van der Waals surface area (Å²) in [6.45, 7) is 4.52. The minimum Gasteiger partial charge on any atom is -0.372 e. The lowest BCUT2D eigenvalue weighted by Crippen LogP contribution is -2.32. The number of fused-ring (bicyclic) bond motifs is 1. The average Bonchev–Trinajstić information content (AvgIpc) is 3.06. The lowest BCUT2D eigenvalue weighted by atomic mass is 9.99. The molecule has 0 unspecified atom stereocenters. The van der Waals surface area contributed by atoms with Gasteiger partial charge in [-0.05, 0) is 55.2 Å². The Hall–Kier alpha value is -2.82. The van der Waals surface area contributed by atoms with Crippen LogP contribution in [0.3, 0.4) is 0 Å². The first-order valence-electron chi connectivity index (χ1n) is 9.17. The van der Waals surface area contributed by atoms with Crippen LogP contribution in [0.4, 0.5) is 11.4 Å². The van der Waals surface area contributed by atoms with Crippen LogP contribution in [-0.2, 0) is 11.2 Å². The van der Waals surface area contributed by atoms with Gasteiger partial charge in [0.05, 0.1) is 6.42 Å². The standard InChI is InChI=1S/C21H23N3O2/c1-15-10-12-24(13-11-15)17-8-6-16(7-9-17)22-21(25)14-19-18-4-2-3-5-20(18)26-23-19/h2-9,15H,10-14H2,1H3,(H,22,25). The largest absolute Gasteiger partial charge is 0.372 e. The van der Waals surface area contributed by atoms with E-state index in [4.69, 9.17) is 4.52 Å². The molecule has 3 aromatic rings. The van der Waals surface area contributed by atoms with Crippen molar-refractivity contribution in [2.75, 3.05) is 23.3 Å². The predicted octanol–water partition coefficient (Wildman–Crippen LogP) is 4.25. The number of rotatable bonds is 4.